The lowest BCUT2D eigenvalue weighted by Gasteiger charge is -2.32. The number of carboxylic acids is 1. The van der Waals surface area contributed by atoms with Crippen molar-refractivity contribution in [3.8, 4) is 0 Å². The lowest BCUT2D eigenvalue weighted by atomic mass is 9.75. The summed E-state index contributed by atoms with van der Waals surface area (Å²) >= 11 is 4.55. The number of aliphatic carboxylic acids is 1. The van der Waals surface area contributed by atoms with Gasteiger partial charge in [-0.15, -0.1) is 12.6 Å². The zero-order valence-electron chi connectivity index (χ0n) is 14.0. The molecule has 4 heteroatoms. The average Bonchev–Trinajstić information content (AvgIpc) is 2.48. The van der Waals surface area contributed by atoms with Crippen molar-refractivity contribution in [3.05, 3.63) is 50.9 Å². The first kappa shape index (κ1) is 17.8. The first-order valence-corrected chi connectivity index (χ1v) is 8.34. The van der Waals surface area contributed by atoms with Gasteiger partial charge in [0.25, 0.3) is 0 Å². The predicted molar refractivity (Wildman–Crippen MR) is 98.3 cm³/mol. The second-order valence-corrected chi connectivity index (χ2v) is 7.58. The molecule has 0 amide bonds. The number of nitrogens with two attached hydrogens (primary N) is 1. The van der Waals surface area contributed by atoms with Crippen molar-refractivity contribution in [1.82, 2.24) is 0 Å². The molecule has 1 aliphatic carbocycles. The molecule has 0 radical (unpaired) electrons. The summed E-state index contributed by atoms with van der Waals surface area (Å²) < 4.78 is 0. The van der Waals surface area contributed by atoms with Crippen molar-refractivity contribution < 1.29 is 9.90 Å². The Morgan fingerprint density at radius 2 is 2.13 bits per heavy atom. The molecular weight excluding hydrogens is 306 g/mol. The number of carbonyl (C=O) groups is 1. The number of thiol groups is 1. The summed E-state index contributed by atoms with van der Waals surface area (Å²) in [4.78, 5) is 12.7. The first-order valence-electron chi connectivity index (χ1n) is 7.89. The summed E-state index contributed by atoms with van der Waals surface area (Å²) in [5.74, 6) is -0.909. The highest BCUT2D eigenvalue weighted by molar-refractivity contribution is 7.84. The molecule has 0 unspecified atom stereocenters. The Morgan fingerprint density at radius 3 is 2.74 bits per heavy atom. The highest BCUT2D eigenvalue weighted by Crippen LogP contribution is 2.43. The highest BCUT2D eigenvalue weighted by atomic mass is 32.1. The first-order chi connectivity index (χ1) is 10.7. The van der Waals surface area contributed by atoms with Crippen LogP contribution in [0.5, 0.6) is 0 Å². The Labute approximate surface area is 143 Å². The zero-order chi connectivity index (χ0) is 17.2. The summed E-state index contributed by atoms with van der Waals surface area (Å²) in [5.41, 5.74) is 10.0. The number of hydrogen-bond donors (Lipinski definition) is 3. The maximum Gasteiger partial charge on any atom is 0.336 e. The van der Waals surface area contributed by atoms with Crippen LogP contribution in [-0.4, -0.2) is 11.1 Å². The minimum absolute atomic E-state index is 0.0973. The topological polar surface area (TPSA) is 63.3 Å². The molecule has 0 aliphatic heterocycles. The van der Waals surface area contributed by atoms with Crippen molar-refractivity contribution in [3.63, 3.8) is 0 Å². The fourth-order valence-corrected chi connectivity index (χ4v) is 3.32. The molecule has 1 aliphatic rings. The maximum absolute atomic E-state index is 11.9. The lowest BCUT2D eigenvalue weighted by Crippen LogP contribution is -2.20. The van der Waals surface area contributed by atoms with Crippen LogP contribution in [-0.2, 0) is 11.3 Å². The van der Waals surface area contributed by atoms with E-state index < -0.39 is 5.97 Å². The van der Waals surface area contributed by atoms with E-state index in [1.807, 2.05) is 25.1 Å². The molecule has 0 aromatic heterocycles. The van der Waals surface area contributed by atoms with Crippen molar-refractivity contribution >= 4 is 24.7 Å². The molecule has 2 rings (SSSR count). The molecule has 3 nitrogen and oxygen atoms in total. The minimum Gasteiger partial charge on any atom is -0.478 e. The van der Waals surface area contributed by atoms with E-state index in [0.29, 0.717) is 12.1 Å². The SMILES string of the molecule is Cc1ccc(/C=C(\C(=O)O)C2=C(S)CCC(C)(C)C2)c(CN)c1. The van der Waals surface area contributed by atoms with Crippen LogP contribution in [0.15, 0.2) is 34.3 Å². The van der Waals surface area contributed by atoms with Gasteiger partial charge in [0, 0.05) is 6.54 Å². The lowest BCUT2D eigenvalue weighted by molar-refractivity contribution is -0.132. The third-order valence-corrected chi connectivity index (χ3v) is 4.91. The Balaban J connectivity index is 2.53. The van der Waals surface area contributed by atoms with Crippen LogP contribution in [0.1, 0.15) is 49.8 Å². The molecule has 0 bridgehead atoms. The van der Waals surface area contributed by atoms with Gasteiger partial charge in [0.1, 0.15) is 0 Å². The number of hydrogen-bond acceptors (Lipinski definition) is 3. The Kier molecular flexibility index (Phi) is 5.37. The summed E-state index contributed by atoms with van der Waals surface area (Å²) in [5, 5.41) is 9.73. The number of benzene rings is 1. The van der Waals surface area contributed by atoms with Crippen LogP contribution in [0.25, 0.3) is 6.08 Å². The van der Waals surface area contributed by atoms with Crippen LogP contribution in [0.3, 0.4) is 0 Å². The smallest absolute Gasteiger partial charge is 0.336 e. The fraction of sp³-hybridized carbons (Fsp3) is 0.421. The third-order valence-electron chi connectivity index (χ3n) is 4.42. The van der Waals surface area contributed by atoms with E-state index in [4.69, 9.17) is 5.73 Å². The van der Waals surface area contributed by atoms with Gasteiger partial charge in [-0.2, -0.15) is 0 Å². The standard InChI is InChI=1S/C19H25NO2S/c1-12-4-5-13(14(8-12)11-20)9-15(18(21)22)16-10-19(2,3)7-6-17(16)23/h4-5,8-9,23H,6-7,10-11,20H2,1-3H3,(H,21,22)/b15-9-. The molecule has 23 heavy (non-hydrogen) atoms. The summed E-state index contributed by atoms with van der Waals surface area (Å²) in [6.07, 6.45) is 4.33. The molecule has 1 aromatic rings. The van der Waals surface area contributed by atoms with E-state index >= 15 is 0 Å². The van der Waals surface area contributed by atoms with Gasteiger partial charge in [0.15, 0.2) is 0 Å². The largest absolute Gasteiger partial charge is 0.478 e. The van der Waals surface area contributed by atoms with Crippen molar-refractivity contribution in [2.24, 2.45) is 11.1 Å². The third kappa shape index (κ3) is 4.27. The van der Waals surface area contributed by atoms with Gasteiger partial charge in [-0.25, -0.2) is 4.79 Å². The maximum atomic E-state index is 11.9. The Bertz CT molecular complexity index is 687. The van der Waals surface area contributed by atoms with Crippen LogP contribution < -0.4 is 5.73 Å². The molecule has 0 spiro atoms. The zero-order valence-corrected chi connectivity index (χ0v) is 14.9. The van der Waals surface area contributed by atoms with E-state index in [1.54, 1.807) is 6.08 Å². The van der Waals surface area contributed by atoms with Crippen molar-refractivity contribution in [1.29, 1.82) is 0 Å². The van der Waals surface area contributed by atoms with Crippen LogP contribution in [0.2, 0.25) is 0 Å². The normalized spacial score (nSPS) is 18.2. The van der Waals surface area contributed by atoms with Gasteiger partial charge in [-0.05, 0) is 59.3 Å². The van der Waals surface area contributed by atoms with Crippen LogP contribution >= 0.6 is 12.6 Å². The number of rotatable bonds is 4. The number of allylic oxidation sites excluding steroid dienone is 1. The molecular formula is C19H25NO2S. The van der Waals surface area contributed by atoms with E-state index in [0.717, 1.165) is 46.4 Å². The van der Waals surface area contributed by atoms with E-state index in [2.05, 4.69) is 26.5 Å². The molecule has 0 atom stereocenters. The van der Waals surface area contributed by atoms with Crippen molar-refractivity contribution in [2.75, 3.05) is 0 Å². The average molecular weight is 331 g/mol. The quantitative estimate of drug-likeness (QED) is 0.569. The van der Waals surface area contributed by atoms with E-state index in [9.17, 15) is 9.90 Å². The van der Waals surface area contributed by atoms with Gasteiger partial charge in [-0.1, -0.05) is 37.6 Å². The molecule has 124 valence electrons. The number of carboxylic acid groups (broad SMARTS) is 1. The second-order valence-electron chi connectivity index (χ2n) is 7.04. The molecule has 1 aromatic carbocycles. The van der Waals surface area contributed by atoms with E-state index in [-0.39, 0.29) is 5.41 Å². The molecule has 0 fully saturated rings. The van der Waals surface area contributed by atoms with Gasteiger partial charge in [-0.3, -0.25) is 0 Å². The van der Waals surface area contributed by atoms with Gasteiger partial charge >= 0.3 is 5.97 Å². The monoisotopic (exact) mass is 331 g/mol. The van der Waals surface area contributed by atoms with E-state index in [1.165, 1.54) is 0 Å². The molecule has 3 N–H and O–H groups in total. The van der Waals surface area contributed by atoms with Crippen molar-refractivity contribution in [2.45, 2.75) is 46.6 Å². The Hall–Kier alpha value is -1.52. The summed E-state index contributed by atoms with van der Waals surface area (Å²) in [7, 11) is 0. The van der Waals surface area contributed by atoms with Crippen LogP contribution in [0, 0.1) is 12.3 Å². The van der Waals surface area contributed by atoms with Gasteiger partial charge in [0.05, 0.1) is 5.57 Å². The summed E-state index contributed by atoms with van der Waals surface area (Å²) in [6, 6.07) is 5.92. The molecule has 0 saturated carbocycles. The summed E-state index contributed by atoms with van der Waals surface area (Å²) in [6.45, 7) is 6.73. The highest BCUT2D eigenvalue weighted by Gasteiger charge is 2.29. The fourth-order valence-electron chi connectivity index (χ4n) is 3.01. The van der Waals surface area contributed by atoms with Gasteiger partial charge < -0.3 is 10.8 Å². The molecule has 0 saturated heterocycles. The van der Waals surface area contributed by atoms with Gasteiger partial charge in [0.2, 0.25) is 0 Å². The predicted octanol–water partition coefficient (Wildman–Crippen LogP) is 4.32. The minimum atomic E-state index is -0.909. The second kappa shape index (κ2) is 6.93. The number of aryl methyl sites for hydroxylation is 1. The van der Waals surface area contributed by atoms with Crippen LogP contribution in [0.4, 0.5) is 0 Å². The Morgan fingerprint density at radius 1 is 1.43 bits per heavy atom. The molecule has 0 heterocycles.